The largest absolute Gasteiger partial charge is 0.497 e. The number of rotatable bonds is 5. The van der Waals surface area contributed by atoms with E-state index in [1.807, 2.05) is 47.4 Å². The Bertz CT molecular complexity index is 1200. The number of amides is 2. The van der Waals surface area contributed by atoms with Crippen LogP contribution in [0.15, 0.2) is 72.9 Å². The van der Waals surface area contributed by atoms with E-state index in [-0.39, 0.29) is 17.7 Å². The molecule has 3 heterocycles. The first-order valence-electron chi connectivity index (χ1n) is 12.1. The molecule has 7 heteroatoms. The molecular formula is C28H30N4O3. The molecule has 2 aliphatic rings. The normalized spacial score (nSPS) is 21.9. The molecule has 35 heavy (non-hydrogen) atoms. The van der Waals surface area contributed by atoms with Gasteiger partial charge in [-0.1, -0.05) is 36.8 Å². The highest BCUT2D eigenvalue weighted by Crippen LogP contribution is 2.41. The first-order chi connectivity index (χ1) is 17.1. The van der Waals surface area contributed by atoms with Crippen LogP contribution in [0.5, 0.6) is 5.75 Å². The van der Waals surface area contributed by atoms with Crippen molar-refractivity contribution in [1.82, 2.24) is 15.2 Å². The minimum atomic E-state index is -0.462. The summed E-state index contributed by atoms with van der Waals surface area (Å²) in [7, 11) is 1.63. The lowest BCUT2D eigenvalue weighted by molar-refractivity contribution is -0.122. The summed E-state index contributed by atoms with van der Waals surface area (Å²) in [5.74, 6) is 1.27. The molecule has 2 saturated heterocycles. The minimum Gasteiger partial charge on any atom is -0.497 e. The Hall–Kier alpha value is -3.87. The number of anilines is 2. The molecule has 2 fully saturated rings. The summed E-state index contributed by atoms with van der Waals surface area (Å²) in [5, 5.41) is 6.60. The van der Waals surface area contributed by atoms with Crippen LogP contribution in [0.2, 0.25) is 0 Å². The number of nitrogens with zero attached hydrogens (tertiary/aromatic N) is 2. The highest BCUT2D eigenvalue weighted by atomic mass is 16.5. The molecule has 0 radical (unpaired) electrons. The van der Waals surface area contributed by atoms with E-state index in [9.17, 15) is 9.59 Å². The molecule has 2 aromatic carbocycles. The van der Waals surface area contributed by atoms with Crippen LogP contribution >= 0.6 is 0 Å². The standard InChI is InChI=1S/C28H30N4O3/c1-35-22-14-12-21(13-15-22)30-26-23(10-7-17-29-26)27(34)32-18-24(20-8-3-2-4-9-20)28(19-32)16-6-5-11-25(33)31-28/h2-4,7-10,12-15,17,24H,5-6,11,16,18-19H2,1H3,(H,29,30)(H,31,33)/t24-,28+/m0/s1. The Labute approximate surface area is 205 Å². The van der Waals surface area contributed by atoms with Gasteiger partial charge in [0, 0.05) is 37.3 Å². The molecule has 0 saturated carbocycles. The van der Waals surface area contributed by atoms with E-state index in [2.05, 4.69) is 27.8 Å². The fraction of sp³-hybridized carbons (Fsp3) is 0.321. The Kier molecular flexibility index (Phi) is 6.40. The van der Waals surface area contributed by atoms with E-state index < -0.39 is 5.54 Å². The zero-order valence-corrected chi connectivity index (χ0v) is 19.9. The van der Waals surface area contributed by atoms with Gasteiger partial charge in [0.25, 0.3) is 5.91 Å². The second-order valence-electron chi connectivity index (χ2n) is 9.31. The molecule has 2 amide bonds. The molecule has 180 valence electrons. The summed E-state index contributed by atoms with van der Waals surface area (Å²) in [6.07, 6.45) is 4.90. The zero-order chi connectivity index (χ0) is 24.3. The number of carbonyl (C=O) groups excluding carboxylic acids is 2. The minimum absolute atomic E-state index is 0.0318. The van der Waals surface area contributed by atoms with E-state index in [1.165, 1.54) is 0 Å². The molecule has 1 spiro atoms. The quantitative estimate of drug-likeness (QED) is 0.574. The SMILES string of the molecule is COc1ccc(Nc2ncccc2C(=O)N2C[C@@H](c3ccccc3)[C@@]3(CCCCC(=O)N3)C2)cc1. The van der Waals surface area contributed by atoms with E-state index in [0.717, 1.165) is 36.3 Å². The number of aromatic nitrogens is 1. The number of nitrogens with one attached hydrogen (secondary N) is 2. The molecule has 2 N–H and O–H groups in total. The predicted octanol–water partition coefficient (Wildman–Crippen LogP) is 4.50. The molecule has 1 aromatic heterocycles. The zero-order valence-electron chi connectivity index (χ0n) is 19.9. The van der Waals surface area contributed by atoms with Gasteiger partial charge >= 0.3 is 0 Å². The number of hydrogen-bond donors (Lipinski definition) is 2. The Balaban J connectivity index is 1.44. The molecule has 3 aromatic rings. The van der Waals surface area contributed by atoms with Crippen molar-refractivity contribution in [3.05, 3.63) is 84.1 Å². The molecule has 0 unspecified atom stereocenters. The molecular weight excluding hydrogens is 440 g/mol. The average molecular weight is 471 g/mol. The van der Waals surface area contributed by atoms with Crippen molar-refractivity contribution in [1.29, 1.82) is 0 Å². The average Bonchev–Trinajstić information content (AvgIpc) is 3.15. The van der Waals surface area contributed by atoms with Crippen molar-refractivity contribution in [3.63, 3.8) is 0 Å². The van der Waals surface area contributed by atoms with E-state index in [0.29, 0.717) is 30.9 Å². The lowest BCUT2D eigenvalue weighted by atomic mass is 9.79. The number of pyridine rings is 1. The first-order valence-corrected chi connectivity index (χ1v) is 12.1. The maximum Gasteiger partial charge on any atom is 0.257 e. The van der Waals surface area contributed by atoms with Crippen LogP contribution in [0.4, 0.5) is 11.5 Å². The topological polar surface area (TPSA) is 83.6 Å². The van der Waals surface area contributed by atoms with Crippen molar-refractivity contribution in [2.24, 2.45) is 0 Å². The molecule has 5 rings (SSSR count). The summed E-state index contributed by atoms with van der Waals surface area (Å²) in [5.41, 5.74) is 2.01. The van der Waals surface area contributed by atoms with Gasteiger partial charge in [-0.15, -0.1) is 0 Å². The van der Waals surface area contributed by atoms with Gasteiger partial charge in [-0.3, -0.25) is 9.59 Å². The van der Waals surface area contributed by atoms with Crippen molar-refractivity contribution in [2.45, 2.75) is 37.1 Å². The van der Waals surface area contributed by atoms with Gasteiger partial charge in [0.05, 0.1) is 18.2 Å². The molecule has 2 atom stereocenters. The maximum absolute atomic E-state index is 13.8. The second-order valence-corrected chi connectivity index (χ2v) is 9.31. The number of ether oxygens (including phenoxy) is 1. The van der Waals surface area contributed by atoms with Gasteiger partial charge in [0.2, 0.25) is 5.91 Å². The van der Waals surface area contributed by atoms with Crippen LogP contribution < -0.4 is 15.4 Å². The molecule has 7 nitrogen and oxygen atoms in total. The third-order valence-electron chi connectivity index (χ3n) is 7.09. The van der Waals surface area contributed by atoms with Gasteiger partial charge < -0.3 is 20.3 Å². The van der Waals surface area contributed by atoms with Crippen LogP contribution in [0.1, 0.15) is 47.5 Å². The summed E-state index contributed by atoms with van der Waals surface area (Å²) in [4.78, 5) is 32.8. The number of carbonyl (C=O) groups is 2. The Morgan fingerprint density at radius 1 is 1.09 bits per heavy atom. The van der Waals surface area contributed by atoms with E-state index in [1.54, 1.807) is 25.4 Å². The van der Waals surface area contributed by atoms with Gasteiger partial charge in [-0.25, -0.2) is 4.98 Å². The fourth-order valence-electron chi connectivity index (χ4n) is 5.34. The lowest BCUT2D eigenvalue weighted by Crippen LogP contribution is -2.52. The van der Waals surface area contributed by atoms with Crippen LogP contribution in [0.3, 0.4) is 0 Å². The number of benzene rings is 2. The summed E-state index contributed by atoms with van der Waals surface area (Å²) < 4.78 is 5.23. The highest BCUT2D eigenvalue weighted by Gasteiger charge is 2.50. The summed E-state index contributed by atoms with van der Waals surface area (Å²) in [6.45, 7) is 1.02. The Morgan fingerprint density at radius 2 is 1.89 bits per heavy atom. The smallest absolute Gasteiger partial charge is 0.257 e. The van der Waals surface area contributed by atoms with E-state index in [4.69, 9.17) is 4.74 Å². The summed E-state index contributed by atoms with van der Waals surface area (Å²) >= 11 is 0. The summed E-state index contributed by atoms with van der Waals surface area (Å²) in [6, 6.07) is 21.3. The van der Waals surface area contributed by atoms with Crippen LogP contribution in [-0.2, 0) is 4.79 Å². The fourth-order valence-corrected chi connectivity index (χ4v) is 5.34. The second kappa shape index (κ2) is 9.78. The number of methoxy groups -OCH3 is 1. The van der Waals surface area contributed by atoms with Crippen molar-refractivity contribution >= 4 is 23.3 Å². The number of likely N-dealkylation sites (tertiary alicyclic amines) is 1. The molecule has 2 aliphatic heterocycles. The van der Waals surface area contributed by atoms with Gasteiger partial charge in [0.15, 0.2) is 0 Å². The first kappa shape index (κ1) is 22.9. The van der Waals surface area contributed by atoms with Crippen LogP contribution in [-0.4, -0.2) is 47.4 Å². The third kappa shape index (κ3) is 4.71. The van der Waals surface area contributed by atoms with E-state index >= 15 is 0 Å². The van der Waals surface area contributed by atoms with Gasteiger partial charge in [-0.2, -0.15) is 0 Å². The van der Waals surface area contributed by atoms with Crippen molar-refractivity contribution in [2.75, 3.05) is 25.5 Å². The van der Waals surface area contributed by atoms with Crippen LogP contribution in [0.25, 0.3) is 0 Å². The van der Waals surface area contributed by atoms with Crippen molar-refractivity contribution < 1.29 is 14.3 Å². The monoisotopic (exact) mass is 470 g/mol. The molecule has 0 aliphatic carbocycles. The lowest BCUT2D eigenvalue weighted by Gasteiger charge is -2.34. The predicted molar refractivity (Wildman–Crippen MR) is 135 cm³/mol. The third-order valence-corrected chi connectivity index (χ3v) is 7.09. The maximum atomic E-state index is 13.8. The molecule has 0 bridgehead atoms. The Morgan fingerprint density at radius 3 is 2.66 bits per heavy atom. The highest BCUT2D eigenvalue weighted by molar-refractivity contribution is 5.99. The number of hydrogen-bond acceptors (Lipinski definition) is 5. The van der Waals surface area contributed by atoms with Gasteiger partial charge in [0.1, 0.15) is 11.6 Å². The van der Waals surface area contributed by atoms with Crippen LogP contribution in [0, 0.1) is 0 Å². The van der Waals surface area contributed by atoms with Gasteiger partial charge in [-0.05, 0) is 54.8 Å². The van der Waals surface area contributed by atoms with Crippen molar-refractivity contribution in [3.8, 4) is 5.75 Å².